The van der Waals surface area contributed by atoms with Gasteiger partial charge in [-0.25, -0.2) is 0 Å². The van der Waals surface area contributed by atoms with Crippen LogP contribution < -0.4 is 0 Å². The van der Waals surface area contributed by atoms with E-state index in [9.17, 15) is 9.59 Å². The maximum Gasteiger partial charge on any atom is 0.245 e. The largest absolute Gasteiger partial charge is 0.338 e. The third-order valence-electron chi connectivity index (χ3n) is 6.43. The highest BCUT2D eigenvalue weighted by Gasteiger charge is 2.31. The maximum atomic E-state index is 13.0. The normalized spacial score (nSPS) is 14.1. The number of benzene rings is 2. The second-order valence-electron chi connectivity index (χ2n) is 9.01. The summed E-state index contributed by atoms with van der Waals surface area (Å²) in [6, 6.07) is 14.4. The molecule has 1 aliphatic rings. The molecule has 1 aliphatic heterocycles. The smallest absolute Gasteiger partial charge is 0.245 e. The fraction of sp³-hybridized carbons (Fsp3) is 0.333. The molecule has 2 aromatic carbocycles. The standard InChI is InChI=1S/C27H29ClN2O2/c1-5-26(32)29-14-19(15-29)12-21(31)16-30-18(4)27(24-13-20(28)10-11-25(24)30)23-9-7-6-8-22(23)17(2)3/h5-11,13,17,19H,1,12,14-16H2,2-4H3. The van der Waals surface area contributed by atoms with E-state index in [-0.39, 0.29) is 17.6 Å². The first-order chi connectivity index (χ1) is 15.3. The number of ketones is 1. The third kappa shape index (κ3) is 4.12. The van der Waals surface area contributed by atoms with Crippen molar-refractivity contribution >= 4 is 34.2 Å². The van der Waals surface area contributed by atoms with Crippen molar-refractivity contribution in [3.63, 3.8) is 0 Å². The van der Waals surface area contributed by atoms with Crippen molar-refractivity contribution in [2.24, 2.45) is 5.92 Å². The number of halogens is 1. The quantitative estimate of drug-likeness (QED) is 0.416. The zero-order valence-electron chi connectivity index (χ0n) is 18.9. The topological polar surface area (TPSA) is 42.3 Å². The second-order valence-corrected chi connectivity index (χ2v) is 9.44. The number of hydrogen-bond acceptors (Lipinski definition) is 2. The third-order valence-corrected chi connectivity index (χ3v) is 6.67. The van der Waals surface area contributed by atoms with Crippen molar-refractivity contribution in [2.75, 3.05) is 13.1 Å². The average molecular weight is 449 g/mol. The van der Waals surface area contributed by atoms with Gasteiger partial charge in [-0.1, -0.05) is 56.3 Å². The van der Waals surface area contributed by atoms with Crippen LogP contribution in [-0.2, 0) is 16.1 Å². The summed E-state index contributed by atoms with van der Waals surface area (Å²) in [5.74, 6) is 0.722. The van der Waals surface area contributed by atoms with Crippen molar-refractivity contribution in [3.05, 3.63) is 71.4 Å². The van der Waals surface area contributed by atoms with Gasteiger partial charge in [0.25, 0.3) is 0 Å². The van der Waals surface area contributed by atoms with Crippen LogP contribution in [0.3, 0.4) is 0 Å². The Balaban J connectivity index is 1.67. The highest BCUT2D eigenvalue weighted by Crippen LogP contribution is 2.39. The summed E-state index contributed by atoms with van der Waals surface area (Å²) in [6.07, 6.45) is 1.81. The van der Waals surface area contributed by atoms with Crippen molar-refractivity contribution in [2.45, 2.75) is 39.7 Å². The van der Waals surface area contributed by atoms with Crippen LogP contribution in [0, 0.1) is 12.8 Å². The zero-order chi connectivity index (χ0) is 23.0. The molecular weight excluding hydrogens is 420 g/mol. The lowest BCUT2D eigenvalue weighted by Gasteiger charge is -2.38. The SMILES string of the molecule is C=CC(=O)N1CC(CC(=O)Cn2c(C)c(-c3ccccc3C(C)C)c3cc(Cl)ccc32)C1. The molecule has 0 bridgehead atoms. The van der Waals surface area contributed by atoms with E-state index in [1.54, 1.807) is 4.90 Å². The van der Waals surface area contributed by atoms with E-state index in [2.05, 4.69) is 56.2 Å². The lowest BCUT2D eigenvalue weighted by atomic mass is 9.91. The first-order valence-electron chi connectivity index (χ1n) is 11.1. The minimum atomic E-state index is -0.0636. The number of fused-ring (bicyclic) bond motifs is 1. The number of Topliss-reactive ketones (excluding diaryl/α,β-unsaturated/α-hetero) is 1. The van der Waals surface area contributed by atoms with Gasteiger partial charge in [0.15, 0.2) is 5.78 Å². The molecule has 0 spiro atoms. The van der Waals surface area contributed by atoms with Crippen LogP contribution >= 0.6 is 11.6 Å². The molecule has 2 heterocycles. The van der Waals surface area contributed by atoms with Crippen LogP contribution in [0.15, 0.2) is 55.1 Å². The molecule has 5 heteroatoms. The Morgan fingerprint density at radius 1 is 1.19 bits per heavy atom. The van der Waals surface area contributed by atoms with E-state index >= 15 is 0 Å². The van der Waals surface area contributed by atoms with Gasteiger partial charge in [-0.3, -0.25) is 9.59 Å². The number of carbonyl (C=O) groups is 2. The van der Waals surface area contributed by atoms with Gasteiger partial charge in [0.2, 0.25) is 5.91 Å². The van der Waals surface area contributed by atoms with Crippen molar-refractivity contribution in [3.8, 4) is 11.1 Å². The minimum absolute atomic E-state index is 0.0636. The Morgan fingerprint density at radius 3 is 2.59 bits per heavy atom. The Labute approximate surface area is 194 Å². The first-order valence-corrected chi connectivity index (χ1v) is 11.5. The summed E-state index contributed by atoms with van der Waals surface area (Å²) in [4.78, 5) is 26.4. The van der Waals surface area contributed by atoms with Crippen LogP contribution in [0.5, 0.6) is 0 Å². The predicted octanol–water partition coefficient (Wildman–Crippen LogP) is 6.00. The van der Waals surface area contributed by atoms with Gasteiger partial charge in [-0.2, -0.15) is 0 Å². The summed E-state index contributed by atoms with van der Waals surface area (Å²) < 4.78 is 2.12. The summed E-state index contributed by atoms with van der Waals surface area (Å²) in [7, 11) is 0. The lowest BCUT2D eigenvalue weighted by molar-refractivity contribution is -0.134. The summed E-state index contributed by atoms with van der Waals surface area (Å²) in [5, 5.41) is 1.76. The van der Waals surface area contributed by atoms with E-state index in [4.69, 9.17) is 11.6 Å². The van der Waals surface area contributed by atoms with Gasteiger partial charge in [0.05, 0.1) is 6.54 Å². The molecule has 166 valence electrons. The van der Waals surface area contributed by atoms with Crippen molar-refractivity contribution < 1.29 is 9.59 Å². The number of amides is 1. The Morgan fingerprint density at radius 2 is 1.91 bits per heavy atom. The van der Waals surface area contributed by atoms with Gasteiger partial charge < -0.3 is 9.47 Å². The molecule has 1 saturated heterocycles. The van der Waals surface area contributed by atoms with Gasteiger partial charge in [-0.15, -0.1) is 0 Å². The molecule has 0 saturated carbocycles. The van der Waals surface area contributed by atoms with E-state index in [0.29, 0.717) is 37.0 Å². The predicted molar refractivity (Wildman–Crippen MR) is 131 cm³/mol. The number of hydrogen-bond donors (Lipinski definition) is 0. The molecule has 4 nitrogen and oxygen atoms in total. The molecular formula is C27H29ClN2O2. The van der Waals surface area contributed by atoms with E-state index in [0.717, 1.165) is 22.2 Å². The number of aromatic nitrogens is 1. The molecule has 1 fully saturated rings. The van der Waals surface area contributed by atoms with Crippen molar-refractivity contribution in [1.82, 2.24) is 9.47 Å². The Bertz CT molecular complexity index is 1200. The van der Waals surface area contributed by atoms with Crippen LogP contribution in [-0.4, -0.2) is 34.2 Å². The Kier molecular flexibility index (Phi) is 6.25. The van der Waals surface area contributed by atoms with Gasteiger partial charge >= 0.3 is 0 Å². The fourth-order valence-electron chi connectivity index (χ4n) is 4.80. The molecule has 0 unspecified atom stereocenters. The highest BCUT2D eigenvalue weighted by molar-refractivity contribution is 6.31. The number of likely N-dealkylation sites (tertiary alicyclic amines) is 1. The number of nitrogens with zero attached hydrogens (tertiary/aromatic N) is 2. The molecule has 0 aliphatic carbocycles. The second kappa shape index (κ2) is 8.95. The summed E-state index contributed by atoms with van der Waals surface area (Å²) in [5.41, 5.74) is 5.70. The molecule has 1 aromatic heterocycles. The van der Waals surface area contributed by atoms with Crippen LogP contribution in [0.25, 0.3) is 22.0 Å². The van der Waals surface area contributed by atoms with Gasteiger partial charge in [-0.05, 0) is 48.2 Å². The molecule has 1 amide bonds. The average Bonchev–Trinajstić information content (AvgIpc) is 3.00. The monoisotopic (exact) mass is 448 g/mol. The Hall–Kier alpha value is -2.85. The molecule has 4 rings (SSSR count). The highest BCUT2D eigenvalue weighted by atomic mass is 35.5. The molecule has 0 radical (unpaired) electrons. The van der Waals surface area contributed by atoms with Crippen LogP contribution in [0.1, 0.15) is 37.4 Å². The molecule has 3 aromatic rings. The molecule has 0 N–H and O–H groups in total. The van der Waals surface area contributed by atoms with Gasteiger partial charge in [0, 0.05) is 52.6 Å². The zero-order valence-corrected chi connectivity index (χ0v) is 19.7. The lowest BCUT2D eigenvalue weighted by Crippen LogP contribution is -2.50. The maximum absolute atomic E-state index is 13.0. The van der Waals surface area contributed by atoms with E-state index in [1.807, 2.05) is 18.2 Å². The number of rotatable bonds is 7. The molecule has 0 atom stereocenters. The summed E-state index contributed by atoms with van der Waals surface area (Å²) in [6.45, 7) is 11.6. The van der Waals surface area contributed by atoms with Crippen LogP contribution in [0.2, 0.25) is 5.02 Å². The van der Waals surface area contributed by atoms with E-state index < -0.39 is 0 Å². The fourth-order valence-corrected chi connectivity index (χ4v) is 4.97. The summed E-state index contributed by atoms with van der Waals surface area (Å²) >= 11 is 6.38. The first kappa shape index (κ1) is 22.3. The minimum Gasteiger partial charge on any atom is -0.338 e. The van der Waals surface area contributed by atoms with Gasteiger partial charge in [0.1, 0.15) is 0 Å². The van der Waals surface area contributed by atoms with E-state index in [1.165, 1.54) is 17.2 Å². The number of carbonyl (C=O) groups excluding carboxylic acids is 2. The van der Waals surface area contributed by atoms with Crippen molar-refractivity contribution in [1.29, 1.82) is 0 Å². The molecule has 32 heavy (non-hydrogen) atoms. The van der Waals surface area contributed by atoms with Crippen LogP contribution in [0.4, 0.5) is 0 Å².